The number of allylic oxidation sites excluding steroid dienone is 3. The third kappa shape index (κ3) is 11.9. The summed E-state index contributed by atoms with van der Waals surface area (Å²) >= 11 is 0. The third-order valence-electron chi connectivity index (χ3n) is 12.3. The van der Waals surface area contributed by atoms with E-state index in [-0.39, 0.29) is 23.7 Å². The zero-order chi connectivity index (χ0) is 41.8. The van der Waals surface area contributed by atoms with Gasteiger partial charge in [-0.1, -0.05) is 171 Å². The van der Waals surface area contributed by atoms with Crippen molar-refractivity contribution in [3.63, 3.8) is 0 Å². The minimum absolute atomic E-state index is 0.0931. The fraction of sp³-hybridized carbons (Fsp3) is 0.298. The van der Waals surface area contributed by atoms with Crippen molar-refractivity contribution in [1.29, 1.82) is 0 Å². The van der Waals surface area contributed by atoms with Gasteiger partial charge in [-0.15, -0.1) is 0 Å². The van der Waals surface area contributed by atoms with Gasteiger partial charge in [0.1, 0.15) is 11.6 Å². The summed E-state index contributed by atoms with van der Waals surface area (Å²) in [6, 6.07) is 45.6. The molecule has 0 aromatic heterocycles. The summed E-state index contributed by atoms with van der Waals surface area (Å²) < 4.78 is 35.3. The highest BCUT2D eigenvalue weighted by Gasteiger charge is 2.18. The molecule has 0 spiro atoms. The summed E-state index contributed by atoms with van der Waals surface area (Å²) in [5.74, 6) is 1.25. The molecule has 1 nitrogen and oxygen atoms in total. The second-order valence-electron chi connectivity index (χ2n) is 17.2. The highest BCUT2D eigenvalue weighted by molar-refractivity contribution is 5.70. The predicted octanol–water partition coefficient (Wildman–Crippen LogP) is 15.8. The van der Waals surface area contributed by atoms with E-state index in [9.17, 15) is 8.78 Å². The van der Waals surface area contributed by atoms with E-state index >= 15 is 0 Å². The maximum atomic E-state index is 14.7. The molecule has 8 rings (SSSR count). The number of halogens is 2. The van der Waals surface area contributed by atoms with E-state index in [1.54, 1.807) is 12.1 Å². The Morgan fingerprint density at radius 1 is 0.467 bits per heavy atom. The Bertz CT molecular complexity index is 2340. The molecule has 0 amide bonds. The molecule has 0 bridgehead atoms. The van der Waals surface area contributed by atoms with Crippen molar-refractivity contribution in [3.8, 4) is 33.4 Å². The van der Waals surface area contributed by atoms with Gasteiger partial charge in [-0.25, -0.2) is 8.78 Å². The molecule has 0 aliphatic heterocycles. The normalized spacial score (nSPS) is 18.5. The largest absolute Gasteiger partial charge is 0.369 e. The molecule has 0 heterocycles. The molecule has 6 aromatic rings. The van der Waals surface area contributed by atoms with Gasteiger partial charge in [-0.05, 0) is 145 Å². The Morgan fingerprint density at radius 2 is 0.967 bits per heavy atom. The van der Waals surface area contributed by atoms with Crippen LogP contribution in [0.5, 0.6) is 0 Å². The zero-order valence-electron chi connectivity index (χ0n) is 35.8. The van der Waals surface area contributed by atoms with Gasteiger partial charge in [-0.3, -0.25) is 0 Å². The standard InChI is InChI=1S/C30H32F2.C27H28O/c1-21-7-12-24(13-8-21)27-17-16-26(29(31)20-27)6-4-3-5-23-11-18-28(30(32)19-23)25-14-9-22(2)10-15-25;1-20-3-9-23(10-4-20)25-13-15-26(16-14-25)24-11-7-22(8-12-24)19-28-27-17-5-21(2)6-18-27/h7-9,11-14,16-20,22,25H,3-6,10,15H2,1-2H3;3-5,7-17,21,27H,6,18-19H2,1-2H3. The van der Waals surface area contributed by atoms with E-state index in [4.69, 9.17) is 4.74 Å². The lowest BCUT2D eigenvalue weighted by molar-refractivity contribution is 0.0595. The molecule has 0 fully saturated rings. The molecule has 3 heteroatoms. The lowest BCUT2D eigenvalue weighted by Crippen LogP contribution is -2.15. The maximum absolute atomic E-state index is 14.7. The first-order chi connectivity index (χ1) is 29.2. The van der Waals surface area contributed by atoms with Crippen LogP contribution >= 0.6 is 0 Å². The van der Waals surface area contributed by atoms with Crippen LogP contribution in [0.1, 0.15) is 91.7 Å². The summed E-state index contributed by atoms with van der Waals surface area (Å²) in [6.07, 6.45) is 16.9. The SMILES string of the molecule is Cc1ccc(-c2ccc(-c3ccc(COC4C=CC(C)CC4)cc3)cc2)cc1.Cc1ccc(-c2ccc(CCCCc3ccc(C4C=CC(C)CC4)c(F)c3)c(F)c2)cc1. The summed E-state index contributed by atoms with van der Waals surface area (Å²) in [5, 5.41) is 0. The van der Waals surface area contributed by atoms with Crippen LogP contribution < -0.4 is 0 Å². The molecule has 60 heavy (non-hydrogen) atoms. The average Bonchev–Trinajstić information content (AvgIpc) is 3.27. The average molecular weight is 799 g/mol. The number of ether oxygens (including phenoxy) is 1. The Labute approximate surface area is 357 Å². The van der Waals surface area contributed by atoms with Crippen LogP contribution in [-0.2, 0) is 24.2 Å². The first kappa shape index (κ1) is 42.7. The lowest BCUT2D eigenvalue weighted by atomic mass is 9.84. The summed E-state index contributed by atoms with van der Waals surface area (Å²) in [5.41, 5.74) is 13.2. The first-order valence-corrected chi connectivity index (χ1v) is 22.1. The third-order valence-corrected chi connectivity index (χ3v) is 12.3. The van der Waals surface area contributed by atoms with E-state index < -0.39 is 0 Å². The number of benzene rings is 6. The molecule has 0 radical (unpaired) electrons. The monoisotopic (exact) mass is 798 g/mol. The number of unbranched alkanes of at least 4 members (excludes halogenated alkanes) is 1. The van der Waals surface area contributed by atoms with Crippen LogP contribution in [0.25, 0.3) is 33.4 Å². The molecule has 0 N–H and O–H groups in total. The zero-order valence-corrected chi connectivity index (χ0v) is 35.8. The number of hydrogen-bond donors (Lipinski definition) is 0. The van der Waals surface area contributed by atoms with E-state index in [2.05, 4.69) is 124 Å². The minimum Gasteiger partial charge on any atom is -0.369 e. The second-order valence-corrected chi connectivity index (χ2v) is 17.2. The number of rotatable bonds is 12. The van der Waals surface area contributed by atoms with Crippen molar-refractivity contribution in [3.05, 3.63) is 203 Å². The van der Waals surface area contributed by atoms with Gasteiger partial charge in [0.25, 0.3) is 0 Å². The van der Waals surface area contributed by atoms with Gasteiger partial charge >= 0.3 is 0 Å². The second kappa shape index (κ2) is 20.7. The minimum atomic E-state index is -0.145. The fourth-order valence-electron chi connectivity index (χ4n) is 8.23. The van der Waals surface area contributed by atoms with E-state index in [1.165, 1.54) is 45.4 Å². The van der Waals surface area contributed by atoms with E-state index in [1.807, 2.05) is 49.4 Å². The van der Waals surface area contributed by atoms with Gasteiger partial charge in [0.2, 0.25) is 0 Å². The van der Waals surface area contributed by atoms with Crippen LogP contribution in [0.15, 0.2) is 158 Å². The Hall–Kier alpha value is -5.38. The van der Waals surface area contributed by atoms with Crippen molar-refractivity contribution in [2.45, 2.75) is 97.7 Å². The molecule has 6 aromatic carbocycles. The molecule has 4 unspecified atom stereocenters. The Kier molecular flexibility index (Phi) is 14.8. The maximum Gasteiger partial charge on any atom is 0.127 e. The Morgan fingerprint density at radius 3 is 1.50 bits per heavy atom. The quantitative estimate of drug-likeness (QED) is 0.0885. The summed E-state index contributed by atoms with van der Waals surface area (Å²) in [6.45, 7) is 9.31. The van der Waals surface area contributed by atoms with Gasteiger partial charge in [-0.2, -0.15) is 0 Å². The van der Waals surface area contributed by atoms with Gasteiger partial charge < -0.3 is 4.74 Å². The van der Waals surface area contributed by atoms with E-state index in [0.717, 1.165) is 66.3 Å². The predicted molar refractivity (Wildman–Crippen MR) is 248 cm³/mol. The molecular formula is C57H60F2O. The smallest absolute Gasteiger partial charge is 0.127 e. The lowest BCUT2D eigenvalue weighted by Gasteiger charge is -2.21. The van der Waals surface area contributed by atoms with Crippen molar-refractivity contribution in [2.75, 3.05) is 0 Å². The highest BCUT2D eigenvalue weighted by Crippen LogP contribution is 2.33. The topological polar surface area (TPSA) is 9.23 Å². The van der Waals surface area contributed by atoms with Crippen LogP contribution in [0.3, 0.4) is 0 Å². The summed E-state index contributed by atoms with van der Waals surface area (Å²) in [7, 11) is 0. The van der Waals surface area contributed by atoms with Crippen molar-refractivity contribution < 1.29 is 13.5 Å². The van der Waals surface area contributed by atoms with Crippen molar-refractivity contribution in [1.82, 2.24) is 0 Å². The molecule has 2 aliphatic carbocycles. The van der Waals surface area contributed by atoms with E-state index in [0.29, 0.717) is 24.9 Å². The van der Waals surface area contributed by atoms with Crippen LogP contribution in [0.4, 0.5) is 8.78 Å². The molecule has 0 saturated heterocycles. The Balaban J connectivity index is 0.000000183. The first-order valence-electron chi connectivity index (χ1n) is 22.1. The van der Waals surface area contributed by atoms with Gasteiger partial charge in [0.05, 0.1) is 12.7 Å². The van der Waals surface area contributed by atoms with Gasteiger partial charge in [0, 0.05) is 5.92 Å². The van der Waals surface area contributed by atoms with Gasteiger partial charge in [0.15, 0.2) is 0 Å². The summed E-state index contributed by atoms with van der Waals surface area (Å²) in [4.78, 5) is 0. The number of aryl methyl sites for hydroxylation is 4. The fourth-order valence-corrected chi connectivity index (χ4v) is 8.23. The van der Waals surface area contributed by atoms with Crippen LogP contribution in [0, 0.1) is 37.3 Å². The van der Waals surface area contributed by atoms with Crippen LogP contribution in [0.2, 0.25) is 0 Å². The molecule has 2 aliphatic rings. The number of hydrogen-bond acceptors (Lipinski definition) is 1. The highest BCUT2D eigenvalue weighted by atomic mass is 19.1. The van der Waals surface area contributed by atoms with Crippen LogP contribution in [-0.4, -0.2) is 6.10 Å². The molecular weight excluding hydrogens is 739 g/mol. The molecule has 4 atom stereocenters. The molecule has 308 valence electrons. The van der Waals surface area contributed by atoms with Crippen molar-refractivity contribution in [2.24, 2.45) is 11.8 Å². The van der Waals surface area contributed by atoms with Crippen molar-refractivity contribution >= 4 is 0 Å². The molecule has 0 saturated carbocycles.